The third kappa shape index (κ3) is 3.57. The van der Waals surface area contributed by atoms with Crippen LogP contribution in [0.5, 0.6) is 0 Å². The lowest BCUT2D eigenvalue weighted by Crippen LogP contribution is -2.24. The second kappa shape index (κ2) is 6.11. The summed E-state index contributed by atoms with van der Waals surface area (Å²) in [6, 6.07) is 4.29. The van der Waals surface area contributed by atoms with E-state index in [0.717, 1.165) is 34.9 Å². The summed E-state index contributed by atoms with van der Waals surface area (Å²) in [4.78, 5) is 11.9. The number of halogens is 5. The molecule has 0 aliphatic heterocycles. The molecule has 25 heavy (non-hydrogen) atoms. The summed E-state index contributed by atoms with van der Waals surface area (Å²) in [5.41, 5.74) is -1.00. The predicted molar refractivity (Wildman–Crippen MR) is 75.5 cm³/mol. The fourth-order valence-electron chi connectivity index (χ4n) is 2.17. The zero-order valence-electron chi connectivity index (χ0n) is 12.3. The minimum atomic E-state index is -4.54. The number of carbonyl (C=O) groups is 1. The number of rotatable bonds is 3. The molecule has 130 valence electrons. The highest BCUT2D eigenvalue weighted by Gasteiger charge is 2.31. The zero-order valence-corrected chi connectivity index (χ0v) is 12.3. The number of carbonyl (C=O) groups excluding carboxylic acids is 1. The Morgan fingerprint density at radius 3 is 2.40 bits per heavy atom. The van der Waals surface area contributed by atoms with Gasteiger partial charge in [0.05, 0.1) is 12.1 Å². The Kier molecular flexibility index (Phi) is 4.11. The Morgan fingerprint density at radius 1 is 1.08 bits per heavy atom. The highest BCUT2D eigenvalue weighted by Crippen LogP contribution is 2.29. The number of hydrogen-bond acceptors (Lipinski definition) is 3. The molecule has 2 heterocycles. The second-order valence-electron chi connectivity index (χ2n) is 5.10. The predicted octanol–water partition coefficient (Wildman–Crippen LogP) is 2.96. The lowest BCUT2D eigenvalue weighted by atomic mass is 10.2. The van der Waals surface area contributed by atoms with Gasteiger partial charge in [-0.15, -0.1) is 10.2 Å². The molecule has 0 aliphatic carbocycles. The van der Waals surface area contributed by atoms with Crippen LogP contribution in [0.3, 0.4) is 0 Å². The average molecular weight is 356 g/mol. The minimum Gasteiger partial charge on any atom is -0.345 e. The van der Waals surface area contributed by atoms with Gasteiger partial charge in [0.25, 0.3) is 5.91 Å². The van der Waals surface area contributed by atoms with Crippen LogP contribution in [0.4, 0.5) is 22.0 Å². The molecule has 0 saturated heterocycles. The summed E-state index contributed by atoms with van der Waals surface area (Å²) in [6.07, 6.45) is -3.74. The molecule has 1 amide bonds. The molecule has 5 nitrogen and oxygen atoms in total. The Hall–Kier alpha value is -3.04. The first kappa shape index (κ1) is 16.8. The fourth-order valence-corrected chi connectivity index (χ4v) is 2.17. The first-order chi connectivity index (χ1) is 11.7. The number of amides is 1. The molecule has 10 heteroatoms. The van der Waals surface area contributed by atoms with Crippen LogP contribution in [0.2, 0.25) is 0 Å². The van der Waals surface area contributed by atoms with Gasteiger partial charge in [0.2, 0.25) is 0 Å². The molecule has 0 saturated carbocycles. The number of pyridine rings is 1. The number of nitrogens with one attached hydrogen (secondary N) is 1. The molecule has 3 rings (SSSR count). The van der Waals surface area contributed by atoms with E-state index in [0.29, 0.717) is 6.07 Å². The van der Waals surface area contributed by atoms with Crippen molar-refractivity contribution in [3.05, 3.63) is 65.1 Å². The molecular weight excluding hydrogens is 347 g/mol. The summed E-state index contributed by atoms with van der Waals surface area (Å²) in [6.45, 7) is -0.278. The highest BCUT2D eigenvalue weighted by molar-refractivity contribution is 5.94. The molecule has 3 aromatic rings. The van der Waals surface area contributed by atoms with E-state index in [-0.39, 0.29) is 23.6 Å². The van der Waals surface area contributed by atoms with Gasteiger partial charge in [0.15, 0.2) is 11.5 Å². The largest absolute Gasteiger partial charge is 0.417 e. The van der Waals surface area contributed by atoms with Crippen LogP contribution in [0.1, 0.15) is 21.7 Å². The van der Waals surface area contributed by atoms with Crippen LogP contribution in [-0.2, 0) is 12.7 Å². The summed E-state index contributed by atoms with van der Waals surface area (Å²) < 4.78 is 65.6. The van der Waals surface area contributed by atoms with Crippen molar-refractivity contribution in [3.63, 3.8) is 0 Å². The standard InChI is InChI=1S/C15H9F5N4O/c16-10-3-8(4-11(17)5-10)14(25)21-6-13-23-22-12-2-1-9(7-24(12)13)15(18,19)20/h1-5,7H,6H2,(H,21,25). The van der Waals surface area contributed by atoms with E-state index in [9.17, 15) is 26.7 Å². The Balaban J connectivity index is 1.82. The van der Waals surface area contributed by atoms with Crippen molar-refractivity contribution < 1.29 is 26.7 Å². The summed E-state index contributed by atoms with van der Waals surface area (Å²) in [7, 11) is 0. The Bertz CT molecular complexity index is 930. The van der Waals surface area contributed by atoms with E-state index >= 15 is 0 Å². The first-order valence-corrected chi connectivity index (χ1v) is 6.89. The molecule has 0 bridgehead atoms. The van der Waals surface area contributed by atoms with E-state index in [1.807, 2.05) is 0 Å². The fraction of sp³-hybridized carbons (Fsp3) is 0.133. The van der Waals surface area contributed by atoms with Gasteiger partial charge >= 0.3 is 6.18 Å². The third-order valence-corrected chi connectivity index (χ3v) is 3.33. The normalized spacial score (nSPS) is 11.7. The average Bonchev–Trinajstić information content (AvgIpc) is 2.93. The topological polar surface area (TPSA) is 59.3 Å². The second-order valence-corrected chi connectivity index (χ2v) is 5.10. The zero-order chi connectivity index (χ0) is 18.2. The maximum atomic E-state index is 13.1. The van der Waals surface area contributed by atoms with Crippen molar-refractivity contribution >= 4 is 11.6 Å². The minimum absolute atomic E-state index is 0.0336. The number of fused-ring (bicyclic) bond motifs is 1. The molecule has 2 aromatic heterocycles. The van der Waals surface area contributed by atoms with Gasteiger partial charge in [0, 0.05) is 17.8 Å². The van der Waals surface area contributed by atoms with Crippen molar-refractivity contribution in [2.45, 2.75) is 12.7 Å². The van der Waals surface area contributed by atoms with Crippen molar-refractivity contribution in [3.8, 4) is 0 Å². The quantitative estimate of drug-likeness (QED) is 0.734. The maximum absolute atomic E-state index is 13.1. The highest BCUT2D eigenvalue weighted by atomic mass is 19.4. The van der Waals surface area contributed by atoms with Gasteiger partial charge < -0.3 is 5.32 Å². The van der Waals surface area contributed by atoms with Crippen LogP contribution in [-0.4, -0.2) is 20.5 Å². The SMILES string of the molecule is O=C(NCc1nnc2ccc(C(F)(F)F)cn12)c1cc(F)cc(F)c1. The third-order valence-electron chi connectivity index (χ3n) is 3.33. The molecule has 0 radical (unpaired) electrons. The Labute approximate surface area is 137 Å². The van der Waals surface area contributed by atoms with Crippen molar-refractivity contribution in [1.82, 2.24) is 19.9 Å². The lowest BCUT2D eigenvalue weighted by molar-refractivity contribution is -0.137. The van der Waals surface area contributed by atoms with Crippen LogP contribution < -0.4 is 5.32 Å². The van der Waals surface area contributed by atoms with E-state index in [1.165, 1.54) is 0 Å². The number of aromatic nitrogens is 3. The number of nitrogens with zero attached hydrogens (tertiary/aromatic N) is 3. The van der Waals surface area contributed by atoms with E-state index in [4.69, 9.17) is 0 Å². The number of hydrogen-bond donors (Lipinski definition) is 1. The Morgan fingerprint density at radius 2 is 1.76 bits per heavy atom. The summed E-state index contributed by atoms with van der Waals surface area (Å²) in [5, 5.41) is 9.73. The maximum Gasteiger partial charge on any atom is 0.417 e. The van der Waals surface area contributed by atoms with Crippen LogP contribution >= 0.6 is 0 Å². The van der Waals surface area contributed by atoms with Crippen LogP contribution in [0.25, 0.3) is 5.65 Å². The van der Waals surface area contributed by atoms with Crippen LogP contribution in [0.15, 0.2) is 36.5 Å². The number of alkyl halides is 3. The monoisotopic (exact) mass is 356 g/mol. The molecule has 1 aromatic carbocycles. The smallest absolute Gasteiger partial charge is 0.345 e. The van der Waals surface area contributed by atoms with Crippen molar-refractivity contribution in [1.29, 1.82) is 0 Å². The van der Waals surface area contributed by atoms with E-state index in [2.05, 4.69) is 15.5 Å². The lowest BCUT2D eigenvalue weighted by Gasteiger charge is -2.08. The molecule has 0 aliphatic rings. The summed E-state index contributed by atoms with van der Waals surface area (Å²) in [5.74, 6) is -2.62. The number of benzene rings is 1. The van der Waals surface area contributed by atoms with Gasteiger partial charge in [-0.2, -0.15) is 13.2 Å². The van der Waals surface area contributed by atoms with Crippen molar-refractivity contribution in [2.75, 3.05) is 0 Å². The molecule has 0 atom stereocenters. The molecular formula is C15H9F5N4O. The van der Waals surface area contributed by atoms with E-state index < -0.39 is 29.3 Å². The molecule has 0 unspecified atom stereocenters. The van der Waals surface area contributed by atoms with Gasteiger partial charge in [-0.05, 0) is 24.3 Å². The van der Waals surface area contributed by atoms with Gasteiger partial charge in [-0.3, -0.25) is 9.20 Å². The molecule has 0 fully saturated rings. The molecule has 1 N–H and O–H groups in total. The van der Waals surface area contributed by atoms with Gasteiger partial charge in [-0.1, -0.05) is 0 Å². The van der Waals surface area contributed by atoms with Crippen molar-refractivity contribution in [2.24, 2.45) is 0 Å². The summed E-state index contributed by atoms with van der Waals surface area (Å²) >= 11 is 0. The van der Waals surface area contributed by atoms with Crippen LogP contribution in [0, 0.1) is 11.6 Å². The van der Waals surface area contributed by atoms with Gasteiger partial charge in [-0.25, -0.2) is 8.78 Å². The molecule has 0 spiro atoms. The van der Waals surface area contributed by atoms with Gasteiger partial charge in [0.1, 0.15) is 11.6 Å². The van der Waals surface area contributed by atoms with E-state index in [1.54, 1.807) is 0 Å². The first-order valence-electron chi connectivity index (χ1n) is 6.89.